The zero-order valence-corrected chi connectivity index (χ0v) is 13.0. The third kappa shape index (κ3) is 2.83. The number of amides is 1. The van der Waals surface area contributed by atoms with Crippen LogP contribution in [0, 0.1) is 0 Å². The Hall–Kier alpha value is -2.86. The lowest BCUT2D eigenvalue weighted by Gasteiger charge is -2.20. The van der Waals surface area contributed by atoms with Gasteiger partial charge in [-0.05, 0) is 29.2 Å². The van der Waals surface area contributed by atoms with Crippen LogP contribution in [-0.2, 0) is 9.53 Å². The second kappa shape index (κ2) is 5.98. The fourth-order valence-electron chi connectivity index (χ4n) is 2.89. The molecule has 0 aliphatic heterocycles. The second-order valence-electron chi connectivity index (χ2n) is 5.83. The summed E-state index contributed by atoms with van der Waals surface area (Å²) < 4.78 is 5.15. The maximum Gasteiger partial charge on any atom is 0.409 e. The molecular weight excluding hydrogens is 310 g/mol. The smallest absolute Gasteiger partial charge is 0.409 e. The van der Waals surface area contributed by atoms with E-state index < -0.39 is 17.8 Å². The van der Waals surface area contributed by atoms with Gasteiger partial charge >= 0.3 is 12.1 Å². The van der Waals surface area contributed by atoms with Crippen molar-refractivity contribution in [3.8, 4) is 11.1 Å². The topological polar surface area (TPSA) is 95.9 Å². The molecule has 124 valence electrons. The van der Waals surface area contributed by atoms with Crippen molar-refractivity contribution in [1.29, 1.82) is 0 Å². The maximum atomic E-state index is 11.8. The van der Waals surface area contributed by atoms with Crippen LogP contribution >= 0.6 is 0 Å². The molecule has 0 fully saturated rings. The lowest BCUT2D eigenvalue weighted by Crippen LogP contribution is -2.52. The molecule has 0 saturated carbocycles. The SMILES string of the molecule is CC(O)(NC(=O)OCC1c2ccccc2-c2ccccc21)C(=O)O. The highest BCUT2D eigenvalue weighted by atomic mass is 16.6. The monoisotopic (exact) mass is 327 g/mol. The summed E-state index contributed by atoms with van der Waals surface area (Å²) in [4.78, 5) is 22.6. The van der Waals surface area contributed by atoms with Crippen LogP contribution in [0.15, 0.2) is 48.5 Å². The largest absolute Gasteiger partial charge is 0.478 e. The minimum absolute atomic E-state index is 0.0511. The summed E-state index contributed by atoms with van der Waals surface area (Å²) in [6, 6.07) is 15.8. The Morgan fingerprint density at radius 3 is 2.08 bits per heavy atom. The van der Waals surface area contributed by atoms with Gasteiger partial charge in [0.15, 0.2) is 0 Å². The molecule has 3 N–H and O–H groups in total. The summed E-state index contributed by atoms with van der Waals surface area (Å²) in [6.45, 7) is 1.02. The number of benzene rings is 2. The first-order valence-corrected chi connectivity index (χ1v) is 7.49. The van der Waals surface area contributed by atoms with Crippen LogP contribution < -0.4 is 5.32 Å². The zero-order valence-electron chi connectivity index (χ0n) is 13.0. The van der Waals surface area contributed by atoms with E-state index in [1.807, 2.05) is 53.8 Å². The van der Waals surface area contributed by atoms with Crippen LogP contribution in [0.25, 0.3) is 11.1 Å². The molecule has 0 radical (unpaired) electrons. The van der Waals surface area contributed by atoms with Crippen LogP contribution in [0.5, 0.6) is 0 Å². The second-order valence-corrected chi connectivity index (χ2v) is 5.83. The molecular formula is C18H17NO5. The maximum absolute atomic E-state index is 11.8. The van der Waals surface area contributed by atoms with Crippen LogP contribution in [-0.4, -0.2) is 34.6 Å². The van der Waals surface area contributed by atoms with E-state index in [0.29, 0.717) is 0 Å². The van der Waals surface area contributed by atoms with Crippen LogP contribution in [0.3, 0.4) is 0 Å². The van der Waals surface area contributed by atoms with Crippen molar-refractivity contribution in [2.75, 3.05) is 6.61 Å². The number of carbonyl (C=O) groups is 2. The van der Waals surface area contributed by atoms with Gasteiger partial charge in [0.25, 0.3) is 0 Å². The number of ether oxygens (including phenoxy) is 1. The van der Waals surface area contributed by atoms with Gasteiger partial charge in [-0.2, -0.15) is 0 Å². The summed E-state index contributed by atoms with van der Waals surface area (Å²) in [6.07, 6.45) is -0.982. The molecule has 0 spiro atoms. The molecule has 1 amide bonds. The van der Waals surface area contributed by atoms with Gasteiger partial charge in [0, 0.05) is 5.92 Å². The first-order chi connectivity index (χ1) is 11.4. The number of hydrogen-bond donors (Lipinski definition) is 3. The predicted molar refractivity (Wildman–Crippen MR) is 86.5 cm³/mol. The highest BCUT2D eigenvalue weighted by molar-refractivity contribution is 5.82. The first-order valence-electron chi connectivity index (χ1n) is 7.49. The Kier molecular flexibility index (Phi) is 3.99. The molecule has 6 heteroatoms. The Morgan fingerprint density at radius 1 is 1.08 bits per heavy atom. The summed E-state index contributed by atoms with van der Waals surface area (Å²) >= 11 is 0. The van der Waals surface area contributed by atoms with E-state index in [1.165, 1.54) is 0 Å². The minimum Gasteiger partial charge on any atom is -0.478 e. The Morgan fingerprint density at radius 2 is 1.58 bits per heavy atom. The summed E-state index contributed by atoms with van der Waals surface area (Å²) in [7, 11) is 0. The molecule has 0 heterocycles. The number of carbonyl (C=O) groups excluding carboxylic acids is 1. The lowest BCUT2D eigenvalue weighted by molar-refractivity contribution is -0.159. The molecule has 3 rings (SSSR count). The third-order valence-corrected chi connectivity index (χ3v) is 4.11. The standard InChI is InChI=1S/C18H17NO5/c1-18(23,16(20)21)19-17(22)24-10-15-13-8-4-2-6-11(13)12-7-3-5-9-14(12)15/h2-9,15,23H,10H2,1H3,(H,19,22)(H,20,21). The molecule has 24 heavy (non-hydrogen) atoms. The molecule has 0 bridgehead atoms. The van der Waals surface area contributed by atoms with E-state index in [0.717, 1.165) is 29.2 Å². The number of carboxylic acids is 1. The number of nitrogens with one attached hydrogen (secondary N) is 1. The number of hydrogen-bond acceptors (Lipinski definition) is 4. The Bertz CT molecular complexity index is 754. The number of rotatable bonds is 4. The number of alkyl carbamates (subject to hydrolysis) is 1. The zero-order chi connectivity index (χ0) is 17.3. The van der Waals surface area contributed by atoms with Crippen molar-refractivity contribution in [1.82, 2.24) is 5.32 Å². The third-order valence-electron chi connectivity index (χ3n) is 4.11. The molecule has 1 aliphatic rings. The van der Waals surface area contributed by atoms with Gasteiger partial charge < -0.3 is 14.9 Å². The van der Waals surface area contributed by atoms with Crippen LogP contribution in [0.1, 0.15) is 24.0 Å². The van der Waals surface area contributed by atoms with Crippen molar-refractivity contribution in [2.45, 2.75) is 18.6 Å². The van der Waals surface area contributed by atoms with Crippen molar-refractivity contribution < 1.29 is 24.5 Å². The highest BCUT2D eigenvalue weighted by Crippen LogP contribution is 2.44. The fourth-order valence-corrected chi connectivity index (χ4v) is 2.89. The van der Waals surface area contributed by atoms with Gasteiger partial charge in [-0.25, -0.2) is 9.59 Å². The van der Waals surface area contributed by atoms with E-state index in [1.54, 1.807) is 0 Å². The molecule has 1 aliphatic carbocycles. The molecule has 1 unspecified atom stereocenters. The van der Waals surface area contributed by atoms with E-state index in [2.05, 4.69) is 0 Å². The van der Waals surface area contributed by atoms with Gasteiger partial charge in [-0.1, -0.05) is 48.5 Å². The average Bonchev–Trinajstić information content (AvgIpc) is 2.86. The predicted octanol–water partition coefficient (Wildman–Crippen LogP) is 2.32. The number of carboxylic acid groups (broad SMARTS) is 1. The lowest BCUT2D eigenvalue weighted by atomic mass is 9.98. The molecule has 2 aromatic rings. The molecule has 2 aromatic carbocycles. The highest BCUT2D eigenvalue weighted by Gasteiger charge is 2.34. The normalized spacial score (nSPS) is 15.1. The Labute approximate surface area is 138 Å². The van der Waals surface area contributed by atoms with Crippen molar-refractivity contribution >= 4 is 12.1 Å². The fraction of sp³-hybridized carbons (Fsp3) is 0.222. The van der Waals surface area contributed by atoms with Crippen molar-refractivity contribution in [2.24, 2.45) is 0 Å². The quantitative estimate of drug-likeness (QED) is 0.749. The molecule has 6 nitrogen and oxygen atoms in total. The van der Waals surface area contributed by atoms with E-state index >= 15 is 0 Å². The van der Waals surface area contributed by atoms with Crippen molar-refractivity contribution in [3.05, 3.63) is 59.7 Å². The summed E-state index contributed by atoms with van der Waals surface area (Å²) in [5, 5.41) is 20.3. The van der Waals surface area contributed by atoms with Crippen LogP contribution in [0.2, 0.25) is 0 Å². The average molecular weight is 327 g/mol. The van der Waals surface area contributed by atoms with Crippen molar-refractivity contribution in [3.63, 3.8) is 0 Å². The van der Waals surface area contributed by atoms with E-state index in [-0.39, 0.29) is 12.5 Å². The summed E-state index contributed by atoms with van der Waals surface area (Å²) in [5.74, 6) is -1.69. The summed E-state index contributed by atoms with van der Waals surface area (Å²) in [5.41, 5.74) is 1.93. The Balaban J connectivity index is 1.76. The first kappa shape index (κ1) is 16.0. The van der Waals surface area contributed by atoms with Gasteiger partial charge in [0.2, 0.25) is 5.72 Å². The van der Waals surface area contributed by atoms with E-state index in [9.17, 15) is 14.7 Å². The van der Waals surface area contributed by atoms with Gasteiger partial charge in [0.1, 0.15) is 6.61 Å². The molecule has 1 atom stereocenters. The number of fused-ring (bicyclic) bond motifs is 3. The van der Waals surface area contributed by atoms with E-state index in [4.69, 9.17) is 9.84 Å². The van der Waals surface area contributed by atoms with Crippen LogP contribution in [0.4, 0.5) is 4.79 Å². The van der Waals surface area contributed by atoms with Gasteiger partial charge in [-0.15, -0.1) is 0 Å². The number of aliphatic hydroxyl groups is 1. The molecule has 0 aromatic heterocycles. The minimum atomic E-state index is -2.37. The van der Waals surface area contributed by atoms with Gasteiger partial charge in [-0.3, -0.25) is 5.32 Å². The molecule has 0 saturated heterocycles. The van der Waals surface area contributed by atoms with Gasteiger partial charge in [0.05, 0.1) is 0 Å². The number of aliphatic carboxylic acids is 1.